The maximum atomic E-state index is 6.15. The van der Waals surface area contributed by atoms with Crippen molar-refractivity contribution in [1.29, 1.82) is 0 Å². The summed E-state index contributed by atoms with van der Waals surface area (Å²) >= 11 is 24.0. The Morgan fingerprint density at radius 2 is 1.29 bits per heavy atom. The van der Waals surface area contributed by atoms with Crippen molar-refractivity contribution < 1.29 is 4.74 Å². The number of halogens is 4. The van der Waals surface area contributed by atoms with Crippen LogP contribution in [0, 0.1) is 0 Å². The van der Waals surface area contributed by atoms with Gasteiger partial charge in [-0.25, -0.2) is 0 Å². The predicted octanol–water partition coefficient (Wildman–Crippen LogP) is 8.63. The molecule has 0 aliphatic heterocycles. The van der Waals surface area contributed by atoms with Gasteiger partial charge in [0.2, 0.25) is 0 Å². The average Bonchev–Trinajstić information content (AvgIpc) is 2.57. The van der Waals surface area contributed by atoms with Crippen molar-refractivity contribution in [3.05, 3.63) is 67.6 Å². The number of ether oxygens (including phenoxy) is 1. The van der Waals surface area contributed by atoms with E-state index < -0.39 is 0 Å². The zero-order valence-corrected chi connectivity index (χ0v) is 17.7. The fourth-order valence-electron chi connectivity index (χ4n) is 1.77. The van der Waals surface area contributed by atoms with Gasteiger partial charge in [-0.3, -0.25) is 0 Å². The van der Waals surface area contributed by atoms with Crippen LogP contribution in [0.2, 0.25) is 20.1 Å². The molecule has 0 saturated heterocycles. The smallest absolute Gasteiger partial charge is 0.0815 e. The number of hydrogen-bond acceptors (Lipinski definition) is 1. The minimum Gasteiger partial charge on any atom is -0.369 e. The number of rotatable bonds is 4. The molecule has 2 rings (SSSR count). The summed E-state index contributed by atoms with van der Waals surface area (Å²) in [6, 6.07) is 10.7. The van der Waals surface area contributed by atoms with Crippen LogP contribution in [0.1, 0.15) is 51.8 Å². The summed E-state index contributed by atoms with van der Waals surface area (Å²) in [6.07, 6.45) is -0.161. The lowest BCUT2D eigenvalue weighted by Gasteiger charge is -2.16. The van der Waals surface area contributed by atoms with Crippen LogP contribution >= 0.6 is 46.4 Å². The highest BCUT2D eigenvalue weighted by molar-refractivity contribution is 6.35. The molecule has 1 nitrogen and oxygen atoms in total. The highest BCUT2D eigenvalue weighted by Crippen LogP contribution is 2.30. The maximum absolute atomic E-state index is 6.15. The highest BCUT2D eigenvalue weighted by atomic mass is 35.5. The lowest BCUT2D eigenvalue weighted by Crippen LogP contribution is -2.01. The third kappa shape index (κ3) is 7.63. The molecule has 2 aromatic carbocycles. The SMILES string of the molecule is CC.CC.CC(OCc1ccc(Cl)cc1Cl)c1ccc(Cl)cc1Cl. The van der Waals surface area contributed by atoms with E-state index in [1.54, 1.807) is 24.3 Å². The van der Waals surface area contributed by atoms with Crippen molar-refractivity contribution >= 4 is 46.4 Å². The fraction of sp³-hybridized carbons (Fsp3) is 0.368. The van der Waals surface area contributed by atoms with Crippen LogP contribution in [-0.4, -0.2) is 0 Å². The molecule has 24 heavy (non-hydrogen) atoms. The Labute approximate surface area is 165 Å². The molecule has 0 aliphatic carbocycles. The average molecular weight is 410 g/mol. The first-order valence-corrected chi connectivity index (χ1v) is 9.49. The standard InChI is InChI=1S/C15H12Cl4O.2C2H6/c1-9(13-5-4-12(17)7-15(13)19)20-8-10-2-3-11(16)6-14(10)18;2*1-2/h2-7,9H,8H2,1H3;2*1-2H3. The van der Waals surface area contributed by atoms with Crippen LogP contribution in [0.3, 0.4) is 0 Å². The molecule has 1 atom stereocenters. The monoisotopic (exact) mass is 408 g/mol. The summed E-state index contributed by atoms with van der Waals surface area (Å²) in [4.78, 5) is 0. The summed E-state index contributed by atoms with van der Waals surface area (Å²) in [5.41, 5.74) is 1.77. The molecule has 0 saturated carbocycles. The zero-order valence-electron chi connectivity index (χ0n) is 14.7. The van der Waals surface area contributed by atoms with Gasteiger partial charge in [-0.05, 0) is 42.3 Å². The van der Waals surface area contributed by atoms with Gasteiger partial charge in [0.05, 0.1) is 12.7 Å². The van der Waals surface area contributed by atoms with Gasteiger partial charge in [0.1, 0.15) is 0 Å². The molecule has 0 bridgehead atoms. The van der Waals surface area contributed by atoms with Crippen LogP contribution in [0.25, 0.3) is 0 Å². The van der Waals surface area contributed by atoms with Crippen LogP contribution in [0.15, 0.2) is 36.4 Å². The predicted molar refractivity (Wildman–Crippen MR) is 109 cm³/mol. The van der Waals surface area contributed by atoms with E-state index in [9.17, 15) is 0 Å². The minimum atomic E-state index is -0.161. The highest BCUT2D eigenvalue weighted by Gasteiger charge is 2.11. The lowest BCUT2D eigenvalue weighted by molar-refractivity contribution is 0.0527. The molecule has 5 heteroatoms. The third-order valence-corrected chi connectivity index (χ3v) is 4.05. The molecule has 0 aromatic heterocycles. The molecule has 134 valence electrons. The maximum Gasteiger partial charge on any atom is 0.0815 e. The first-order chi connectivity index (χ1) is 11.5. The number of hydrogen-bond donors (Lipinski definition) is 0. The van der Waals surface area contributed by atoms with Crippen molar-refractivity contribution in [3.8, 4) is 0 Å². The molecular formula is C19H24Cl4O. The second-order valence-corrected chi connectivity index (χ2v) is 6.04. The van der Waals surface area contributed by atoms with Gasteiger partial charge in [-0.2, -0.15) is 0 Å². The van der Waals surface area contributed by atoms with E-state index in [1.807, 2.05) is 46.8 Å². The van der Waals surface area contributed by atoms with Gasteiger partial charge in [-0.15, -0.1) is 0 Å². The van der Waals surface area contributed by atoms with Crippen LogP contribution in [0.5, 0.6) is 0 Å². The van der Waals surface area contributed by atoms with E-state index in [-0.39, 0.29) is 6.10 Å². The summed E-state index contributed by atoms with van der Waals surface area (Å²) in [5.74, 6) is 0. The van der Waals surface area contributed by atoms with Gasteiger partial charge in [0.25, 0.3) is 0 Å². The van der Waals surface area contributed by atoms with Crippen molar-refractivity contribution in [2.24, 2.45) is 0 Å². The second-order valence-electron chi connectivity index (χ2n) is 4.35. The Morgan fingerprint density at radius 1 is 0.792 bits per heavy atom. The van der Waals surface area contributed by atoms with Gasteiger partial charge in [0.15, 0.2) is 0 Å². The summed E-state index contributed by atoms with van der Waals surface area (Å²) < 4.78 is 5.80. The Balaban J connectivity index is 0.00000123. The van der Waals surface area contributed by atoms with Crippen molar-refractivity contribution in [3.63, 3.8) is 0 Å². The summed E-state index contributed by atoms with van der Waals surface area (Å²) in [6.45, 7) is 10.3. The van der Waals surface area contributed by atoms with E-state index in [4.69, 9.17) is 51.1 Å². The van der Waals surface area contributed by atoms with Crippen LogP contribution < -0.4 is 0 Å². The molecule has 0 spiro atoms. The lowest BCUT2D eigenvalue weighted by atomic mass is 10.1. The van der Waals surface area contributed by atoms with E-state index in [0.29, 0.717) is 26.7 Å². The third-order valence-electron chi connectivity index (χ3n) is 2.90. The Kier molecular flexibility index (Phi) is 12.6. The van der Waals surface area contributed by atoms with Crippen molar-refractivity contribution in [2.45, 2.75) is 47.3 Å². The molecule has 0 fully saturated rings. The molecule has 1 unspecified atom stereocenters. The van der Waals surface area contributed by atoms with E-state index in [0.717, 1.165) is 11.1 Å². The summed E-state index contributed by atoms with van der Waals surface area (Å²) in [7, 11) is 0. The summed E-state index contributed by atoms with van der Waals surface area (Å²) in [5, 5.41) is 2.39. The van der Waals surface area contributed by atoms with Gasteiger partial charge in [0, 0.05) is 20.1 Å². The largest absolute Gasteiger partial charge is 0.369 e. The Bertz CT molecular complexity index is 614. The quantitative estimate of drug-likeness (QED) is 0.490. The zero-order chi connectivity index (χ0) is 18.7. The van der Waals surface area contributed by atoms with E-state index >= 15 is 0 Å². The first kappa shape index (κ1) is 23.6. The van der Waals surface area contributed by atoms with Crippen molar-refractivity contribution in [2.75, 3.05) is 0 Å². The van der Waals surface area contributed by atoms with Gasteiger partial charge >= 0.3 is 0 Å². The Morgan fingerprint density at radius 3 is 1.79 bits per heavy atom. The van der Waals surface area contributed by atoms with Crippen LogP contribution in [-0.2, 0) is 11.3 Å². The molecule has 2 aromatic rings. The molecule has 0 radical (unpaired) electrons. The van der Waals surface area contributed by atoms with Crippen LogP contribution in [0.4, 0.5) is 0 Å². The fourth-order valence-corrected chi connectivity index (χ4v) is 2.80. The van der Waals surface area contributed by atoms with E-state index in [1.165, 1.54) is 0 Å². The van der Waals surface area contributed by atoms with Gasteiger partial charge in [-0.1, -0.05) is 86.2 Å². The minimum absolute atomic E-state index is 0.161. The Hall–Kier alpha value is -0.440. The molecule has 0 heterocycles. The molecule has 0 aliphatic rings. The molecular weight excluding hydrogens is 386 g/mol. The van der Waals surface area contributed by atoms with Gasteiger partial charge < -0.3 is 4.74 Å². The molecule has 0 N–H and O–H groups in total. The molecule has 0 amide bonds. The van der Waals surface area contributed by atoms with E-state index in [2.05, 4.69) is 0 Å². The normalized spacial score (nSPS) is 10.9. The van der Waals surface area contributed by atoms with Crippen molar-refractivity contribution in [1.82, 2.24) is 0 Å². The topological polar surface area (TPSA) is 9.23 Å². The second kappa shape index (κ2) is 12.9. The first-order valence-electron chi connectivity index (χ1n) is 7.98. The number of benzene rings is 2.